The third-order valence-electron chi connectivity index (χ3n) is 4.19. The SMILES string of the molecule is CC(=O)c1cccc(NCC(=O)N2[C@H](C)CCC[C@@H]2C)c1. The molecular weight excluding hydrogens is 264 g/mol. The van der Waals surface area contributed by atoms with Crippen LogP contribution < -0.4 is 5.32 Å². The van der Waals surface area contributed by atoms with Gasteiger partial charge in [-0.3, -0.25) is 9.59 Å². The van der Waals surface area contributed by atoms with Crippen molar-refractivity contribution in [1.82, 2.24) is 4.90 Å². The first-order valence-electron chi connectivity index (χ1n) is 7.65. The Morgan fingerprint density at radius 3 is 2.52 bits per heavy atom. The van der Waals surface area contributed by atoms with Crippen LogP contribution in [0.5, 0.6) is 0 Å². The van der Waals surface area contributed by atoms with E-state index >= 15 is 0 Å². The monoisotopic (exact) mass is 288 g/mol. The molecule has 0 bridgehead atoms. The number of Topliss-reactive ketones (excluding diaryl/α,β-unsaturated/α-hetero) is 1. The van der Waals surface area contributed by atoms with E-state index in [1.165, 1.54) is 6.42 Å². The summed E-state index contributed by atoms with van der Waals surface area (Å²) in [6, 6.07) is 7.90. The fourth-order valence-corrected chi connectivity index (χ4v) is 3.03. The molecule has 1 amide bonds. The van der Waals surface area contributed by atoms with Gasteiger partial charge in [-0.1, -0.05) is 12.1 Å². The lowest BCUT2D eigenvalue weighted by Crippen LogP contribution is -2.49. The van der Waals surface area contributed by atoms with Crippen molar-refractivity contribution in [2.75, 3.05) is 11.9 Å². The molecule has 21 heavy (non-hydrogen) atoms. The number of hydrogen-bond acceptors (Lipinski definition) is 3. The van der Waals surface area contributed by atoms with Gasteiger partial charge in [0.05, 0.1) is 6.54 Å². The van der Waals surface area contributed by atoms with Crippen molar-refractivity contribution in [3.8, 4) is 0 Å². The van der Waals surface area contributed by atoms with E-state index in [0.717, 1.165) is 18.5 Å². The van der Waals surface area contributed by atoms with Gasteiger partial charge in [-0.15, -0.1) is 0 Å². The second-order valence-corrected chi connectivity index (χ2v) is 5.92. The van der Waals surface area contributed by atoms with Crippen LogP contribution in [0.25, 0.3) is 0 Å². The fraction of sp³-hybridized carbons (Fsp3) is 0.529. The fourth-order valence-electron chi connectivity index (χ4n) is 3.03. The second-order valence-electron chi connectivity index (χ2n) is 5.92. The third kappa shape index (κ3) is 3.84. The maximum Gasteiger partial charge on any atom is 0.242 e. The molecule has 1 aliphatic heterocycles. The van der Waals surface area contributed by atoms with E-state index in [2.05, 4.69) is 19.2 Å². The molecule has 4 heteroatoms. The van der Waals surface area contributed by atoms with Crippen LogP contribution in [0.4, 0.5) is 5.69 Å². The van der Waals surface area contributed by atoms with E-state index < -0.39 is 0 Å². The Hall–Kier alpha value is -1.84. The first kappa shape index (κ1) is 15.5. The summed E-state index contributed by atoms with van der Waals surface area (Å²) in [5, 5.41) is 3.13. The number of nitrogens with zero attached hydrogens (tertiary/aromatic N) is 1. The van der Waals surface area contributed by atoms with Gasteiger partial charge in [0.15, 0.2) is 5.78 Å². The largest absolute Gasteiger partial charge is 0.376 e. The van der Waals surface area contributed by atoms with Crippen molar-refractivity contribution < 1.29 is 9.59 Å². The highest BCUT2D eigenvalue weighted by molar-refractivity contribution is 5.95. The lowest BCUT2D eigenvalue weighted by atomic mass is 9.97. The smallest absolute Gasteiger partial charge is 0.242 e. The summed E-state index contributed by atoms with van der Waals surface area (Å²) in [5.74, 6) is 0.158. The van der Waals surface area contributed by atoms with Gasteiger partial charge in [0, 0.05) is 23.3 Å². The summed E-state index contributed by atoms with van der Waals surface area (Å²) in [4.78, 5) is 25.8. The zero-order chi connectivity index (χ0) is 15.4. The van der Waals surface area contributed by atoms with E-state index in [-0.39, 0.29) is 18.2 Å². The van der Waals surface area contributed by atoms with E-state index in [9.17, 15) is 9.59 Å². The summed E-state index contributed by atoms with van der Waals surface area (Å²) in [5.41, 5.74) is 1.47. The minimum Gasteiger partial charge on any atom is -0.376 e. The van der Waals surface area contributed by atoms with Gasteiger partial charge >= 0.3 is 0 Å². The van der Waals surface area contributed by atoms with E-state index in [1.807, 2.05) is 17.0 Å². The number of carbonyl (C=O) groups excluding carboxylic acids is 2. The van der Waals surface area contributed by atoms with Crippen LogP contribution in [0.3, 0.4) is 0 Å². The van der Waals surface area contributed by atoms with Gasteiger partial charge < -0.3 is 10.2 Å². The normalized spacial score (nSPS) is 22.0. The van der Waals surface area contributed by atoms with Crippen molar-refractivity contribution in [2.24, 2.45) is 0 Å². The maximum absolute atomic E-state index is 12.4. The van der Waals surface area contributed by atoms with Gasteiger partial charge in [-0.25, -0.2) is 0 Å². The van der Waals surface area contributed by atoms with Gasteiger partial charge in [-0.05, 0) is 52.2 Å². The molecule has 2 rings (SSSR count). The van der Waals surface area contributed by atoms with Gasteiger partial charge in [-0.2, -0.15) is 0 Å². The summed E-state index contributed by atoms with van der Waals surface area (Å²) >= 11 is 0. The molecule has 0 saturated carbocycles. The molecule has 1 fully saturated rings. The topological polar surface area (TPSA) is 49.4 Å². The molecule has 114 valence electrons. The number of anilines is 1. The van der Waals surface area contributed by atoms with Crippen molar-refractivity contribution in [1.29, 1.82) is 0 Å². The number of ketones is 1. The number of likely N-dealkylation sites (tertiary alicyclic amines) is 1. The Kier molecular flexibility index (Phi) is 4.99. The first-order chi connectivity index (χ1) is 9.99. The van der Waals surface area contributed by atoms with Crippen LogP contribution in [-0.2, 0) is 4.79 Å². The Labute approximate surface area is 126 Å². The number of nitrogens with one attached hydrogen (secondary N) is 1. The zero-order valence-electron chi connectivity index (χ0n) is 13.1. The molecule has 1 heterocycles. The maximum atomic E-state index is 12.4. The van der Waals surface area contributed by atoms with Crippen LogP contribution in [0.2, 0.25) is 0 Å². The predicted octanol–water partition coefficient (Wildman–Crippen LogP) is 3.09. The first-order valence-corrected chi connectivity index (χ1v) is 7.65. The zero-order valence-corrected chi connectivity index (χ0v) is 13.1. The molecule has 1 aliphatic rings. The minimum atomic E-state index is 0.0308. The third-order valence-corrected chi connectivity index (χ3v) is 4.19. The van der Waals surface area contributed by atoms with E-state index in [0.29, 0.717) is 17.6 Å². The molecule has 0 aromatic heterocycles. The van der Waals surface area contributed by atoms with Crippen LogP contribution in [0.15, 0.2) is 24.3 Å². The number of rotatable bonds is 4. The second kappa shape index (κ2) is 6.74. The number of benzene rings is 1. The number of piperidine rings is 1. The van der Waals surface area contributed by atoms with Crippen molar-refractivity contribution >= 4 is 17.4 Å². The molecule has 4 nitrogen and oxygen atoms in total. The van der Waals surface area contributed by atoms with Gasteiger partial charge in [0.25, 0.3) is 0 Å². The van der Waals surface area contributed by atoms with Gasteiger partial charge in [0.1, 0.15) is 0 Å². The molecule has 0 spiro atoms. The minimum absolute atomic E-state index is 0.0308. The molecule has 0 unspecified atom stereocenters. The van der Waals surface area contributed by atoms with Crippen LogP contribution in [0.1, 0.15) is 50.4 Å². The Balaban J connectivity index is 1.97. The predicted molar refractivity (Wildman–Crippen MR) is 84.6 cm³/mol. The standard InChI is InChI=1S/C17H24N2O2/c1-12-6-4-7-13(2)19(12)17(21)11-18-16-9-5-8-15(10-16)14(3)20/h5,8-10,12-13,18H,4,6-7,11H2,1-3H3/t12-,13+. The molecule has 0 radical (unpaired) electrons. The number of carbonyl (C=O) groups is 2. The van der Waals surface area contributed by atoms with E-state index in [1.54, 1.807) is 19.1 Å². The molecular formula is C17H24N2O2. The Morgan fingerprint density at radius 2 is 1.90 bits per heavy atom. The highest BCUT2D eigenvalue weighted by Gasteiger charge is 2.28. The average molecular weight is 288 g/mol. The molecule has 1 saturated heterocycles. The molecule has 0 aliphatic carbocycles. The van der Waals surface area contributed by atoms with Crippen LogP contribution >= 0.6 is 0 Å². The quantitative estimate of drug-likeness (QED) is 0.866. The van der Waals surface area contributed by atoms with E-state index in [4.69, 9.17) is 0 Å². The van der Waals surface area contributed by atoms with Gasteiger partial charge in [0.2, 0.25) is 5.91 Å². The summed E-state index contributed by atoms with van der Waals surface area (Å²) < 4.78 is 0. The molecule has 1 aromatic carbocycles. The lowest BCUT2D eigenvalue weighted by Gasteiger charge is -2.39. The molecule has 2 atom stereocenters. The highest BCUT2D eigenvalue weighted by atomic mass is 16.2. The van der Waals surface area contributed by atoms with Crippen LogP contribution in [0, 0.1) is 0 Å². The Morgan fingerprint density at radius 1 is 1.24 bits per heavy atom. The van der Waals surface area contributed by atoms with Crippen molar-refractivity contribution in [3.63, 3.8) is 0 Å². The lowest BCUT2D eigenvalue weighted by molar-refractivity contribution is -0.135. The van der Waals surface area contributed by atoms with Crippen molar-refractivity contribution in [2.45, 2.75) is 52.1 Å². The molecule has 1 N–H and O–H groups in total. The summed E-state index contributed by atoms with van der Waals surface area (Å²) in [7, 11) is 0. The van der Waals surface area contributed by atoms with Crippen molar-refractivity contribution in [3.05, 3.63) is 29.8 Å². The number of amides is 1. The molecule has 1 aromatic rings. The number of hydrogen-bond donors (Lipinski definition) is 1. The average Bonchev–Trinajstić information content (AvgIpc) is 2.45. The summed E-state index contributed by atoms with van der Waals surface area (Å²) in [6.45, 7) is 6.05. The summed E-state index contributed by atoms with van der Waals surface area (Å²) in [6.07, 6.45) is 3.35. The van der Waals surface area contributed by atoms with Crippen LogP contribution in [-0.4, -0.2) is 35.2 Å². The highest BCUT2D eigenvalue weighted by Crippen LogP contribution is 2.22. The Bertz CT molecular complexity index is 517.